The maximum atomic E-state index is 13.6. The lowest BCUT2D eigenvalue weighted by atomic mass is 10.1. The highest BCUT2D eigenvalue weighted by atomic mass is 16.5. The predicted molar refractivity (Wildman–Crippen MR) is 133 cm³/mol. The van der Waals surface area contributed by atoms with E-state index in [2.05, 4.69) is 15.1 Å². The van der Waals surface area contributed by atoms with Crippen molar-refractivity contribution < 1.29 is 18.8 Å². The van der Waals surface area contributed by atoms with Crippen molar-refractivity contribution in [2.24, 2.45) is 0 Å². The summed E-state index contributed by atoms with van der Waals surface area (Å²) in [6.07, 6.45) is 1.79. The van der Waals surface area contributed by atoms with Crippen LogP contribution < -0.4 is 10.3 Å². The van der Waals surface area contributed by atoms with E-state index in [0.29, 0.717) is 53.6 Å². The molecule has 1 aliphatic rings. The highest BCUT2D eigenvalue weighted by Crippen LogP contribution is 2.21. The molecule has 1 atom stereocenters. The first-order valence-electron chi connectivity index (χ1n) is 12.0. The lowest BCUT2D eigenvalue weighted by Gasteiger charge is -2.25. The molecule has 2 aromatic carbocycles. The number of ether oxygens (including phenoxy) is 2. The molecule has 9 heteroatoms. The second-order valence-electron chi connectivity index (χ2n) is 8.97. The van der Waals surface area contributed by atoms with Gasteiger partial charge in [-0.15, -0.1) is 0 Å². The van der Waals surface area contributed by atoms with E-state index < -0.39 is 0 Å². The third kappa shape index (κ3) is 5.16. The van der Waals surface area contributed by atoms with E-state index in [1.165, 1.54) is 0 Å². The van der Waals surface area contributed by atoms with E-state index in [-0.39, 0.29) is 24.1 Å². The first-order valence-corrected chi connectivity index (χ1v) is 12.0. The van der Waals surface area contributed by atoms with Crippen LogP contribution in [0.3, 0.4) is 0 Å². The molecule has 0 unspecified atom stereocenters. The Morgan fingerprint density at radius 2 is 2.06 bits per heavy atom. The van der Waals surface area contributed by atoms with Gasteiger partial charge in [-0.05, 0) is 57.0 Å². The van der Waals surface area contributed by atoms with Crippen LogP contribution in [0.15, 0.2) is 57.8 Å². The van der Waals surface area contributed by atoms with Gasteiger partial charge in [-0.2, -0.15) is 0 Å². The molecule has 186 valence electrons. The Labute approximate surface area is 208 Å². The monoisotopic (exact) mass is 488 g/mol. The first kappa shape index (κ1) is 23.7. The van der Waals surface area contributed by atoms with Gasteiger partial charge in [0.2, 0.25) is 0 Å². The summed E-state index contributed by atoms with van der Waals surface area (Å²) in [6.45, 7) is 5.24. The molecular formula is C27H28N4O5. The fraction of sp³-hybridized carbons (Fsp3) is 0.333. The smallest absolute Gasteiger partial charge is 0.258 e. The van der Waals surface area contributed by atoms with Crippen molar-refractivity contribution in [3.05, 3.63) is 87.3 Å². The summed E-state index contributed by atoms with van der Waals surface area (Å²) in [7, 11) is 0. The van der Waals surface area contributed by atoms with Crippen molar-refractivity contribution in [2.75, 3.05) is 13.2 Å². The molecule has 0 bridgehead atoms. The minimum Gasteiger partial charge on any atom is -0.489 e. The molecule has 5 rings (SSSR count). The number of H-pyrrole nitrogens is 1. The van der Waals surface area contributed by atoms with Crippen molar-refractivity contribution in [3.8, 4) is 5.75 Å². The van der Waals surface area contributed by atoms with Crippen LogP contribution in [-0.2, 0) is 17.9 Å². The zero-order chi connectivity index (χ0) is 25.1. The average molecular weight is 489 g/mol. The number of benzene rings is 2. The predicted octanol–water partition coefficient (Wildman–Crippen LogP) is 3.93. The topological polar surface area (TPSA) is 111 Å². The van der Waals surface area contributed by atoms with Crippen LogP contribution in [0.25, 0.3) is 10.9 Å². The maximum Gasteiger partial charge on any atom is 0.258 e. The van der Waals surface area contributed by atoms with Gasteiger partial charge in [-0.1, -0.05) is 23.4 Å². The number of amides is 1. The molecule has 1 aliphatic heterocycles. The highest BCUT2D eigenvalue weighted by Gasteiger charge is 2.25. The summed E-state index contributed by atoms with van der Waals surface area (Å²) in [6, 6.07) is 14.2. The number of carbonyl (C=O) groups is 1. The highest BCUT2D eigenvalue weighted by molar-refractivity contribution is 5.94. The van der Waals surface area contributed by atoms with Gasteiger partial charge in [0.05, 0.1) is 34.8 Å². The van der Waals surface area contributed by atoms with E-state index in [1.807, 2.05) is 26.0 Å². The van der Waals surface area contributed by atoms with Crippen molar-refractivity contribution in [3.63, 3.8) is 0 Å². The zero-order valence-electron chi connectivity index (χ0n) is 20.3. The van der Waals surface area contributed by atoms with Gasteiger partial charge in [0, 0.05) is 18.7 Å². The number of nitrogens with one attached hydrogen (secondary N) is 1. The van der Waals surface area contributed by atoms with Gasteiger partial charge < -0.3 is 23.9 Å². The van der Waals surface area contributed by atoms with E-state index >= 15 is 0 Å². The molecule has 1 N–H and O–H groups in total. The number of aromatic amines is 1. The van der Waals surface area contributed by atoms with E-state index in [9.17, 15) is 9.59 Å². The zero-order valence-corrected chi connectivity index (χ0v) is 20.3. The van der Waals surface area contributed by atoms with Gasteiger partial charge in [0.1, 0.15) is 23.9 Å². The molecule has 36 heavy (non-hydrogen) atoms. The lowest BCUT2D eigenvalue weighted by Crippen LogP contribution is -2.37. The number of aryl methyl sites for hydroxylation is 2. The summed E-state index contributed by atoms with van der Waals surface area (Å²) in [5, 5.41) is 4.47. The quantitative estimate of drug-likeness (QED) is 0.400. The Morgan fingerprint density at radius 1 is 1.19 bits per heavy atom. The van der Waals surface area contributed by atoms with Crippen LogP contribution in [0.5, 0.6) is 5.75 Å². The minimum atomic E-state index is -0.227. The Morgan fingerprint density at radius 3 is 2.83 bits per heavy atom. The molecular weight excluding hydrogens is 460 g/mol. The van der Waals surface area contributed by atoms with E-state index in [1.54, 1.807) is 41.3 Å². The van der Waals surface area contributed by atoms with Gasteiger partial charge in [0.15, 0.2) is 0 Å². The molecule has 4 aromatic rings. The number of carbonyl (C=O) groups excluding carboxylic acids is 1. The number of para-hydroxylation sites is 1. The van der Waals surface area contributed by atoms with Gasteiger partial charge >= 0.3 is 0 Å². The van der Waals surface area contributed by atoms with Crippen molar-refractivity contribution in [1.82, 2.24) is 20.0 Å². The first-order chi connectivity index (χ1) is 17.5. The summed E-state index contributed by atoms with van der Waals surface area (Å²) in [5.74, 6) is 1.51. The summed E-state index contributed by atoms with van der Waals surface area (Å²) in [4.78, 5) is 35.3. The number of hydrogen-bond acceptors (Lipinski definition) is 7. The van der Waals surface area contributed by atoms with Crippen molar-refractivity contribution in [2.45, 2.75) is 45.9 Å². The summed E-state index contributed by atoms with van der Waals surface area (Å²) in [5.41, 5.74) is 2.51. The SMILES string of the molecule is Cc1noc(C)c1COc1cccc(C(=O)N(Cc2nc3ccccc3c(=O)[nH]2)C[C@H]2CCCO2)c1. The van der Waals surface area contributed by atoms with Crippen LogP contribution in [0.2, 0.25) is 0 Å². The number of hydrogen-bond donors (Lipinski definition) is 1. The van der Waals surface area contributed by atoms with E-state index in [0.717, 1.165) is 24.1 Å². The Balaban J connectivity index is 1.38. The standard InChI is InChI=1S/C27H28N4O5/c1-17-23(18(2)36-30-17)16-35-20-8-5-7-19(13-20)27(33)31(14-21-9-6-12-34-21)15-25-28-24-11-4-3-10-22(24)26(32)29-25/h3-5,7-8,10-11,13,21H,6,9,12,14-16H2,1-2H3,(H,28,29,32)/t21-/m1/s1. The van der Waals surface area contributed by atoms with Gasteiger partial charge in [-0.3, -0.25) is 9.59 Å². The molecule has 1 saturated heterocycles. The van der Waals surface area contributed by atoms with E-state index in [4.69, 9.17) is 14.0 Å². The van der Waals surface area contributed by atoms with Crippen LogP contribution in [0, 0.1) is 13.8 Å². The molecule has 0 spiro atoms. The van der Waals surface area contributed by atoms with Crippen molar-refractivity contribution >= 4 is 16.8 Å². The molecule has 2 aromatic heterocycles. The molecule has 3 heterocycles. The number of fused-ring (bicyclic) bond motifs is 1. The minimum absolute atomic E-state index is 0.0555. The van der Waals surface area contributed by atoms with Gasteiger partial charge in [0.25, 0.3) is 11.5 Å². The Hall–Kier alpha value is -3.98. The molecule has 1 fully saturated rings. The molecule has 1 amide bonds. The fourth-order valence-electron chi connectivity index (χ4n) is 4.41. The Kier molecular flexibility index (Phi) is 6.81. The number of aromatic nitrogens is 3. The van der Waals surface area contributed by atoms with Crippen LogP contribution in [0.4, 0.5) is 0 Å². The normalized spacial score (nSPS) is 15.3. The second-order valence-corrected chi connectivity index (χ2v) is 8.97. The largest absolute Gasteiger partial charge is 0.489 e. The third-order valence-electron chi connectivity index (χ3n) is 6.38. The number of rotatable bonds is 8. The van der Waals surface area contributed by atoms with Crippen molar-refractivity contribution in [1.29, 1.82) is 0 Å². The van der Waals surface area contributed by atoms with Crippen LogP contribution in [-0.4, -0.2) is 45.2 Å². The Bertz CT molecular complexity index is 1420. The van der Waals surface area contributed by atoms with Crippen LogP contribution in [0.1, 0.15) is 46.0 Å². The number of nitrogens with zero attached hydrogens (tertiary/aromatic N) is 3. The third-order valence-corrected chi connectivity index (χ3v) is 6.38. The summed E-state index contributed by atoms with van der Waals surface area (Å²) < 4.78 is 16.9. The second kappa shape index (κ2) is 10.3. The molecule has 0 saturated carbocycles. The molecule has 9 nitrogen and oxygen atoms in total. The molecule has 0 aliphatic carbocycles. The molecule has 0 radical (unpaired) electrons. The lowest BCUT2D eigenvalue weighted by molar-refractivity contribution is 0.0501. The summed E-state index contributed by atoms with van der Waals surface area (Å²) >= 11 is 0. The van der Waals surface area contributed by atoms with Crippen LogP contribution >= 0.6 is 0 Å². The van der Waals surface area contributed by atoms with Gasteiger partial charge in [-0.25, -0.2) is 4.98 Å². The fourth-order valence-corrected chi connectivity index (χ4v) is 4.41. The average Bonchev–Trinajstić information content (AvgIpc) is 3.51. The maximum absolute atomic E-state index is 13.6.